The maximum absolute atomic E-state index is 11.9. The Morgan fingerprint density at radius 2 is 1.30 bits per heavy atom. The topological polar surface area (TPSA) is 76.0 Å². The van der Waals surface area contributed by atoms with E-state index in [-0.39, 0.29) is 16.2 Å². The number of rotatable bonds is 14. The summed E-state index contributed by atoms with van der Waals surface area (Å²) < 4.78 is 13.8. The molecule has 0 saturated carbocycles. The number of carboxylic acids is 1. The Morgan fingerprint density at radius 1 is 0.825 bits per heavy atom. The van der Waals surface area contributed by atoms with Gasteiger partial charge in [0, 0.05) is 6.10 Å². The lowest BCUT2D eigenvalue weighted by atomic mass is 9.97. The SMILES string of the molecule is CC[C@H](C[C@@H](O)CC[C@H](O[Si](C)(C)C(C)(C)C)[C@@H](C)C(=O)O)O[Si](c1ccccc1)(c1ccccc1)C(C)(C)C. The maximum Gasteiger partial charge on any atom is 0.308 e. The number of hydrogen-bond donors (Lipinski definition) is 2. The summed E-state index contributed by atoms with van der Waals surface area (Å²) in [6, 6.07) is 21.1. The normalized spacial score (nSPS) is 16.3. The molecule has 0 amide bonds. The molecule has 40 heavy (non-hydrogen) atoms. The molecule has 0 aliphatic carbocycles. The molecule has 0 unspecified atom stereocenters. The molecule has 2 N–H and O–H groups in total. The van der Waals surface area contributed by atoms with Crippen LogP contribution in [0.3, 0.4) is 0 Å². The van der Waals surface area contributed by atoms with Gasteiger partial charge in [0.15, 0.2) is 8.32 Å². The summed E-state index contributed by atoms with van der Waals surface area (Å²) in [6.07, 6.45) is 1.04. The molecule has 0 fully saturated rings. The molecular formula is C33H54O5Si2. The van der Waals surface area contributed by atoms with Crippen molar-refractivity contribution in [3.63, 3.8) is 0 Å². The Balaban J connectivity index is 2.30. The predicted molar refractivity (Wildman–Crippen MR) is 172 cm³/mol. The first-order valence-electron chi connectivity index (χ1n) is 14.8. The highest BCUT2D eigenvalue weighted by Crippen LogP contribution is 2.40. The lowest BCUT2D eigenvalue weighted by Gasteiger charge is -2.45. The van der Waals surface area contributed by atoms with E-state index in [1.54, 1.807) is 6.92 Å². The Labute approximate surface area is 245 Å². The molecule has 2 aromatic rings. The fourth-order valence-electron chi connectivity index (χ4n) is 5.14. The van der Waals surface area contributed by atoms with Crippen LogP contribution in [0.5, 0.6) is 0 Å². The van der Waals surface area contributed by atoms with Gasteiger partial charge in [-0.05, 0) is 66.2 Å². The fourth-order valence-corrected chi connectivity index (χ4v) is 11.4. The molecule has 4 atom stereocenters. The number of aliphatic hydroxyl groups is 1. The maximum atomic E-state index is 11.9. The van der Waals surface area contributed by atoms with E-state index in [9.17, 15) is 15.0 Å². The summed E-state index contributed by atoms with van der Waals surface area (Å²) in [5.41, 5.74) is 0. The van der Waals surface area contributed by atoms with Crippen LogP contribution < -0.4 is 10.4 Å². The zero-order chi connectivity index (χ0) is 30.4. The molecule has 0 bridgehead atoms. The van der Waals surface area contributed by atoms with Crippen molar-refractivity contribution >= 4 is 33.0 Å². The van der Waals surface area contributed by atoms with Crippen LogP contribution in [-0.2, 0) is 13.6 Å². The molecule has 5 nitrogen and oxygen atoms in total. The average Bonchev–Trinajstić information content (AvgIpc) is 2.88. The van der Waals surface area contributed by atoms with Gasteiger partial charge in [-0.15, -0.1) is 0 Å². The van der Waals surface area contributed by atoms with E-state index in [0.29, 0.717) is 19.3 Å². The van der Waals surface area contributed by atoms with E-state index in [2.05, 4.69) is 110 Å². The third kappa shape index (κ3) is 8.38. The standard InChI is InChI=1S/C33H54O5Si2/c1-11-27(24-26(34)22-23-30(25(2)31(35)36)38-39(9,10)32(3,4)5)37-40(33(6,7)8,28-18-14-12-15-19-28)29-20-16-13-17-21-29/h12-21,25-27,30,34H,11,22-24H2,1-10H3,(H,35,36)/t25-,26+,27-,30+/m1/s1. The molecular weight excluding hydrogens is 533 g/mol. The second-order valence-corrected chi connectivity index (χ2v) is 22.8. The summed E-state index contributed by atoms with van der Waals surface area (Å²) in [6.45, 7) is 21.4. The van der Waals surface area contributed by atoms with Crippen molar-refractivity contribution in [1.29, 1.82) is 0 Å². The molecule has 7 heteroatoms. The van der Waals surface area contributed by atoms with E-state index >= 15 is 0 Å². The first kappa shape index (κ1) is 34.4. The van der Waals surface area contributed by atoms with Gasteiger partial charge in [-0.2, -0.15) is 0 Å². The number of aliphatic carboxylic acids is 1. The second-order valence-electron chi connectivity index (χ2n) is 13.8. The van der Waals surface area contributed by atoms with Gasteiger partial charge in [0.1, 0.15) is 0 Å². The minimum atomic E-state index is -2.74. The van der Waals surface area contributed by atoms with Crippen molar-refractivity contribution in [2.45, 2.75) is 123 Å². The number of benzene rings is 2. The van der Waals surface area contributed by atoms with Gasteiger partial charge < -0.3 is 19.1 Å². The van der Waals surface area contributed by atoms with E-state index in [0.717, 1.165) is 6.42 Å². The van der Waals surface area contributed by atoms with Gasteiger partial charge in [-0.3, -0.25) is 4.79 Å². The Hall–Kier alpha value is -1.78. The molecule has 2 rings (SSSR count). The van der Waals surface area contributed by atoms with Crippen LogP contribution in [0.15, 0.2) is 60.7 Å². The van der Waals surface area contributed by atoms with Gasteiger partial charge in [0.2, 0.25) is 0 Å². The second kappa shape index (κ2) is 13.9. The highest BCUT2D eigenvalue weighted by molar-refractivity contribution is 6.99. The molecule has 0 spiro atoms. The van der Waals surface area contributed by atoms with Gasteiger partial charge >= 0.3 is 5.97 Å². The minimum absolute atomic E-state index is 0.0287. The first-order valence-corrected chi connectivity index (χ1v) is 19.7. The smallest absolute Gasteiger partial charge is 0.308 e. The third-order valence-corrected chi connectivity index (χ3v) is 18.3. The zero-order valence-corrected chi connectivity index (χ0v) is 28.5. The number of aliphatic hydroxyl groups excluding tert-OH is 1. The summed E-state index contributed by atoms with van der Waals surface area (Å²) in [5.74, 6) is -1.50. The van der Waals surface area contributed by atoms with Crippen molar-refractivity contribution in [2.24, 2.45) is 5.92 Å². The quantitative estimate of drug-likeness (QED) is 0.234. The molecule has 0 heterocycles. The number of hydrogen-bond acceptors (Lipinski definition) is 4. The predicted octanol–water partition coefficient (Wildman–Crippen LogP) is 6.98. The molecule has 224 valence electrons. The van der Waals surface area contributed by atoms with E-state index in [1.807, 2.05) is 12.1 Å². The van der Waals surface area contributed by atoms with Gasteiger partial charge in [0.25, 0.3) is 8.32 Å². The number of carbonyl (C=O) groups is 1. The average molecular weight is 587 g/mol. The Bertz CT molecular complexity index is 1000. The van der Waals surface area contributed by atoms with Crippen molar-refractivity contribution in [3.05, 3.63) is 60.7 Å². The van der Waals surface area contributed by atoms with Crippen molar-refractivity contribution < 1.29 is 23.9 Å². The lowest BCUT2D eigenvalue weighted by Crippen LogP contribution is -2.67. The van der Waals surface area contributed by atoms with Gasteiger partial charge in [-0.25, -0.2) is 0 Å². The van der Waals surface area contributed by atoms with Crippen LogP contribution in [0.1, 0.15) is 81.1 Å². The Morgan fingerprint density at radius 3 is 1.68 bits per heavy atom. The molecule has 0 aliphatic rings. The van der Waals surface area contributed by atoms with Gasteiger partial charge in [-0.1, -0.05) is 109 Å². The zero-order valence-electron chi connectivity index (χ0n) is 26.5. The first-order chi connectivity index (χ1) is 18.5. The summed E-state index contributed by atoms with van der Waals surface area (Å²) in [7, 11) is -4.92. The molecule has 0 aromatic heterocycles. The highest BCUT2D eigenvalue weighted by atomic mass is 28.4. The molecule has 0 saturated heterocycles. The van der Waals surface area contributed by atoms with E-state index < -0.39 is 40.7 Å². The van der Waals surface area contributed by atoms with E-state index in [1.165, 1.54) is 10.4 Å². The monoisotopic (exact) mass is 586 g/mol. The van der Waals surface area contributed by atoms with Crippen molar-refractivity contribution in [2.75, 3.05) is 0 Å². The Kier molecular flexibility index (Phi) is 12.0. The largest absolute Gasteiger partial charge is 0.481 e. The highest BCUT2D eigenvalue weighted by Gasteiger charge is 2.51. The van der Waals surface area contributed by atoms with E-state index in [4.69, 9.17) is 8.85 Å². The van der Waals surface area contributed by atoms with Gasteiger partial charge in [0.05, 0.1) is 18.1 Å². The minimum Gasteiger partial charge on any atom is -0.481 e. The molecule has 2 aromatic carbocycles. The summed E-state index contributed by atoms with van der Waals surface area (Å²) in [5, 5.41) is 23.3. The van der Waals surface area contributed by atoms with Crippen LogP contribution in [-0.4, -0.2) is 51.1 Å². The number of carboxylic acid groups (broad SMARTS) is 1. The summed E-state index contributed by atoms with van der Waals surface area (Å²) in [4.78, 5) is 11.9. The fraction of sp³-hybridized carbons (Fsp3) is 0.606. The van der Waals surface area contributed by atoms with Crippen LogP contribution in [0.4, 0.5) is 0 Å². The van der Waals surface area contributed by atoms with Crippen molar-refractivity contribution in [1.82, 2.24) is 0 Å². The molecule has 0 aliphatic heterocycles. The van der Waals surface area contributed by atoms with Crippen LogP contribution in [0, 0.1) is 5.92 Å². The summed E-state index contributed by atoms with van der Waals surface area (Å²) >= 11 is 0. The van der Waals surface area contributed by atoms with Crippen LogP contribution >= 0.6 is 0 Å². The third-order valence-electron chi connectivity index (χ3n) is 8.73. The van der Waals surface area contributed by atoms with Crippen LogP contribution in [0.25, 0.3) is 0 Å². The molecule has 0 radical (unpaired) electrons. The lowest BCUT2D eigenvalue weighted by molar-refractivity contribution is -0.144. The van der Waals surface area contributed by atoms with Crippen LogP contribution in [0.2, 0.25) is 23.2 Å². The van der Waals surface area contributed by atoms with Crippen molar-refractivity contribution in [3.8, 4) is 0 Å².